The second kappa shape index (κ2) is 6.00. The van der Waals surface area contributed by atoms with Crippen molar-refractivity contribution in [2.45, 2.75) is 29.5 Å². The summed E-state index contributed by atoms with van der Waals surface area (Å²) < 4.78 is 57.2. The molecule has 1 aromatic rings. The van der Waals surface area contributed by atoms with Crippen LogP contribution in [0.15, 0.2) is 23.1 Å². The average Bonchev–Trinajstić information content (AvgIpc) is 2.46. The summed E-state index contributed by atoms with van der Waals surface area (Å²) in [7, 11) is -7.21. The quantitative estimate of drug-likeness (QED) is 0.771. The lowest BCUT2D eigenvalue weighted by molar-refractivity contribution is 0.0590. The number of nitrogens with zero attached hydrogens (tertiary/aromatic N) is 1. The van der Waals surface area contributed by atoms with E-state index in [1.807, 2.05) is 0 Å². The number of halogens is 1. The smallest absolute Gasteiger partial charge is 0.245 e. The molecule has 2 saturated heterocycles. The molecular formula is C14H18ClNO5S2. The van der Waals surface area contributed by atoms with Crippen LogP contribution in [0.5, 0.6) is 0 Å². The van der Waals surface area contributed by atoms with Crippen LogP contribution in [0.2, 0.25) is 5.02 Å². The number of aryl methyl sites for hydroxylation is 1. The van der Waals surface area contributed by atoms with Crippen LogP contribution >= 0.6 is 11.6 Å². The van der Waals surface area contributed by atoms with Gasteiger partial charge in [0.05, 0.1) is 17.4 Å². The number of fused-ring (bicyclic) bond motifs is 1. The summed E-state index contributed by atoms with van der Waals surface area (Å²) in [5, 5.41) is -0.649. The van der Waals surface area contributed by atoms with Crippen molar-refractivity contribution >= 4 is 31.5 Å². The molecule has 2 atom stereocenters. The van der Waals surface area contributed by atoms with Crippen LogP contribution in [-0.4, -0.2) is 57.9 Å². The van der Waals surface area contributed by atoms with Gasteiger partial charge in [0.1, 0.15) is 10.1 Å². The van der Waals surface area contributed by atoms with Crippen LogP contribution in [0.1, 0.15) is 12.0 Å². The van der Waals surface area contributed by atoms with Gasteiger partial charge in [0.25, 0.3) is 0 Å². The molecular weight excluding hydrogens is 362 g/mol. The lowest BCUT2D eigenvalue weighted by Crippen LogP contribution is -2.60. The van der Waals surface area contributed by atoms with Crippen LogP contribution in [0, 0.1) is 6.92 Å². The van der Waals surface area contributed by atoms with Crippen LogP contribution in [-0.2, 0) is 24.6 Å². The zero-order chi connectivity index (χ0) is 16.8. The van der Waals surface area contributed by atoms with Crippen molar-refractivity contribution in [1.29, 1.82) is 0 Å². The molecule has 0 bridgehead atoms. The minimum Gasteiger partial charge on any atom is -0.380 e. The van der Waals surface area contributed by atoms with Gasteiger partial charge in [-0.25, -0.2) is 16.8 Å². The van der Waals surface area contributed by atoms with Gasteiger partial charge >= 0.3 is 0 Å². The van der Waals surface area contributed by atoms with E-state index in [2.05, 4.69) is 0 Å². The van der Waals surface area contributed by atoms with Crippen molar-refractivity contribution in [3.8, 4) is 0 Å². The van der Waals surface area contributed by atoms with Crippen molar-refractivity contribution < 1.29 is 21.6 Å². The van der Waals surface area contributed by atoms with E-state index >= 15 is 0 Å². The Morgan fingerprint density at radius 1 is 1.35 bits per heavy atom. The van der Waals surface area contributed by atoms with Gasteiger partial charge in [-0.1, -0.05) is 23.7 Å². The minimum absolute atomic E-state index is 0.0422. The summed E-state index contributed by atoms with van der Waals surface area (Å²) in [6.07, 6.45) is 0.368. The molecule has 0 spiro atoms. The first-order valence-electron chi connectivity index (χ1n) is 7.31. The molecule has 2 aliphatic rings. The van der Waals surface area contributed by atoms with E-state index in [1.165, 1.54) is 10.4 Å². The molecule has 0 N–H and O–H groups in total. The third-order valence-corrected chi connectivity index (χ3v) is 9.11. The molecule has 0 radical (unpaired) electrons. The van der Waals surface area contributed by atoms with Gasteiger partial charge in [-0.05, 0) is 25.0 Å². The lowest BCUT2D eigenvalue weighted by atomic mass is 10.1. The molecule has 6 nitrogen and oxygen atoms in total. The molecule has 9 heteroatoms. The zero-order valence-corrected chi connectivity index (χ0v) is 15.0. The number of benzene rings is 1. The fourth-order valence-corrected chi connectivity index (χ4v) is 7.76. The SMILES string of the molecule is Cc1cccc(Cl)c1S(=O)(=O)N1CCS(=O)(=O)[C@@H]2COCC[C@@H]21. The monoisotopic (exact) mass is 379 g/mol. The minimum atomic E-state index is -3.86. The summed E-state index contributed by atoms with van der Waals surface area (Å²) in [5.41, 5.74) is 0.551. The van der Waals surface area contributed by atoms with Gasteiger partial charge in [-0.3, -0.25) is 0 Å². The number of sulfonamides is 1. The Morgan fingerprint density at radius 3 is 2.78 bits per heavy atom. The van der Waals surface area contributed by atoms with Crippen molar-refractivity contribution in [3.63, 3.8) is 0 Å². The van der Waals surface area contributed by atoms with E-state index in [-0.39, 0.29) is 28.8 Å². The molecule has 23 heavy (non-hydrogen) atoms. The van der Waals surface area contributed by atoms with Crippen LogP contribution in [0.4, 0.5) is 0 Å². The Kier molecular flexibility index (Phi) is 4.48. The second-order valence-electron chi connectivity index (χ2n) is 5.84. The maximum atomic E-state index is 13.1. The van der Waals surface area contributed by atoms with E-state index in [0.717, 1.165) is 0 Å². The maximum absolute atomic E-state index is 13.1. The molecule has 3 rings (SSSR count). The Morgan fingerprint density at radius 2 is 2.09 bits per heavy atom. The Hall–Kier alpha value is -0.670. The molecule has 2 fully saturated rings. The molecule has 1 aromatic carbocycles. The summed E-state index contributed by atoms with van der Waals surface area (Å²) in [6, 6.07) is 4.31. The predicted octanol–water partition coefficient (Wildman–Crippen LogP) is 1.23. The first-order valence-corrected chi connectivity index (χ1v) is 10.8. The highest BCUT2D eigenvalue weighted by atomic mass is 35.5. The number of hydrogen-bond donors (Lipinski definition) is 0. The highest BCUT2D eigenvalue weighted by Crippen LogP contribution is 2.34. The number of hydrogen-bond acceptors (Lipinski definition) is 5. The first-order chi connectivity index (χ1) is 10.7. The van der Waals surface area contributed by atoms with E-state index < -0.39 is 31.2 Å². The second-order valence-corrected chi connectivity index (χ2v) is 10.4. The van der Waals surface area contributed by atoms with Crippen LogP contribution < -0.4 is 0 Å². The summed E-state index contributed by atoms with van der Waals surface area (Å²) >= 11 is 6.12. The summed E-state index contributed by atoms with van der Waals surface area (Å²) in [6.45, 7) is 2.03. The average molecular weight is 380 g/mol. The van der Waals surface area contributed by atoms with E-state index in [4.69, 9.17) is 16.3 Å². The molecule has 2 heterocycles. The molecule has 0 unspecified atom stereocenters. The Balaban J connectivity index is 2.07. The van der Waals surface area contributed by atoms with E-state index in [1.54, 1.807) is 19.1 Å². The van der Waals surface area contributed by atoms with Gasteiger partial charge in [-0.2, -0.15) is 4.31 Å². The van der Waals surface area contributed by atoms with Crippen LogP contribution in [0.25, 0.3) is 0 Å². The molecule has 2 aliphatic heterocycles. The summed E-state index contributed by atoms with van der Waals surface area (Å²) in [4.78, 5) is 0.0613. The lowest BCUT2D eigenvalue weighted by Gasteiger charge is -2.42. The van der Waals surface area contributed by atoms with Gasteiger partial charge < -0.3 is 4.74 Å². The molecule has 0 aromatic heterocycles. The van der Waals surface area contributed by atoms with Gasteiger partial charge in [-0.15, -0.1) is 0 Å². The topological polar surface area (TPSA) is 80.8 Å². The van der Waals surface area contributed by atoms with E-state index in [9.17, 15) is 16.8 Å². The van der Waals surface area contributed by atoms with Crippen LogP contribution in [0.3, 0.4) is 0 Å². The normalized spacial score (nSPS) is 28.3. The highest BCUT2D eigenvalue weighted by molar-refractivity contribution is 7.92. The van der Waals surface area contributed by atoms with Crippen molar-refractivity contribution in [2.75, 3.05) is 25.5 Å². The Bertz CT molecular complexity index is 801. The number of rotatable bonds is 2. The van der Waals surface area contributed by atoms with E-state index in [0.29, 0.717) is 18.6 Å². The number of sulfone groups is 1. The van der Waals surface area contributed by atoms with Gasteiger partial charge in [0.15, 0.2) is 9.84 Å². The standard InChI is InChI=1S/C14H18ClNO5S2/c1-10-3-2-4-11(15)14(10)23(19,20)16-6-8-22(17,18)13-9-21-7-5-12(13)16/h2-4,12-13H,5-9H2,1H3/t12-,13+/m0/s1. The molecule has 128 valence electrons. The number of ether oxygens (including phenoxy) is 1. The highest BCUT2D eigenvalue weighted by Gasteiger charge is 2.48. The third-order valence-electron chi connectivity index (χ3n) is 4.43. The molecule has 0 aliphatic carbocycles. The van der Waals surface area contributed by atoms with Crippen molar-refractivity contribution in [2.24, 2.45) is 0 Å². The largest absolute Gasteiger partial charge is 0.380 e. The Labute approximate surface area is 141 Å². The maximum Gasteiger partial charge on any atom is 0.245 e. The molecule has 0 saturated carbocycles. The fourth-order valence-electron chi connectivity index (χ4n) is 3.27. The van der Waals surface area contributed by atoms with Gasteiger partial charge in [0, 0.05) is 19.2 Å². The summed E-state index contributed by atoms with van der Waals surface area (Å²) in [5.74, 6) is -0.194. The van der Waals surface area contributed by atoms with Gasteiger partial charge in [0.2, 0.25) is 10.0 Å². The fraction of sp³-hybridized carbons (Fsp3) is 0.571. The van der Waals surface area contributed by atoms with Crippen molar-refractivity contribution in [1.82, 2.24) is 4.31 Å². The van der Waals surface area contributed by atoms with Crippen molar-refractivity contribution in [3.05, 3.63) is 28.8 Å². The third kappa shape index (κ3) is 2.91. The molecule has 0 amide bonds. The first kappa shape index (κ1) is 17.2. The zero-order valence-electron chi connectivity index (χ0n) is 12.6. The predicted molar refractivity (Wildman–Crippen MR) is 86.9 cm³/mol.